The number of aromatic amines is 1. The van der Waals surface area contributed by atoms with Crippen molar-refractivity contribution in [2.45, 2.75) is 25.3 Å². The summed E-state index contributed by atoms with van der Waals surface area (Å²) in [6, 6.07) is 1.09. The van der Waals surface area contributed by atoms with Gasteiger partial charge < -0.3 is 9.51 Å². The number of halogens is 1. The Labute approximate surface area is 120 Å². The number of sulfonamides is 1. The zero-order valence-electron chi connectivity index (χ0n) is 10.7. The number of rotatable bonds is 4. The van der Waals surface area contributed by atoms with E-state index in [1.54, 1.807) is 13.8 Å². The summed E-state index contributed by atoms with van der Waals surface area (Å²) in [5.74, 6) is 0.546. The summed E-state index contributed by atoms with van der Waals surface area (Å²) in [6.07, 6.45) is 1.09. The Morgan fingerprint density at radius 1 is 1.45 bits per heavy atom. The van der Waals surface area contributed by atoms with E-state index in [1.165, 1.54) is 0 Å². The van der Waals surface area contributed by atoms with E-state index in [9.17, 15) is 13.2 Å². The molecule has 0 aliphatic rings. The Kier molecular flexibility index (Phi) is 3.98. The summed E-state index contributed by atoms with van der Waals surface area (Å²) in [7, 11) is -3.78. The van der Waals surface area contributed by atoms with Gasteiger partial charge in [0, 0.05) is 18.3 Å². The van der Waals surface area contributed by atoms with Gasteiger partial charge in [0.2, 0.25) is 10.0 Å². The lowest BCUT2D eigenvalue weighted by Crippen LogP contribution is -2.24. The molecule has 0 amide bonds. The van der Waals surface area contributed by atoms with Gasteiger partial charge in [-0.3, -0.25) is 4.79 Å². The number of H-pyrrole nitrogens is 1. The molecule has 0 aromatic carbocycles. The van der Waals surface area contributed by atoms with Crippen LogP contribution in [0.4, 0.5) is 0 Å². The van der Waals surface area contributed by atoms with Gasteiger partial charge in [0.1, 0.15) is 10.8 Å². The average molecular weight is 318 g/mol. The van der Waals surface area contributed by atoms with Crippen LogP contribution < -0.4 is 10.3 Å². The van der Waals surface area contributed by atoms with Crippen LogP contribution in [0, 0.1) is 13.8 Å². The van der Waals surface area contributed by atoms with E-state index in [2.05, 4.69) is 14.9 Å². The van der Waals surface area contributed by atoms with Crippen LogP contribution in [0.15, 0.2) is 26.5 Å². The molecule has 2 rings (SSSR count). The highest BCUT2D eigenvalue weighted by atomic mass is 35.5. The van der Waals surface area contributed by atoms with Crippen LogP contribution in [-0.2, 0) is 16.6 Å². The lowest BCUT2D eigenvalue weighted by atomic mass is 10.2. The first kappa shape index (κ1) is 14.8. The van der Waals surface area contributed by atoms with Crippen molar-refractivity contribution >= 4 is 21.6 Å². The fourth-order valence-corrected chi connectivity index (χ4v) is 2.82. The standard InChI is InChI=1S/C11H12ClN3O4S/c1-6-9(7(2)19-15-6)5-14-20(17,18)8-3-10(12)11(16)13-4-8/h3-4,14H,5H2,1-2H3,(H,13,16). The topological polar surface area (TPSA) is 105 Å². The zero-order valence-corrected chi connectivity index (χ0v) is 12.3. The second kappa shape index (κ2) is 5.39. The van der Waals surface area contributed by atoms with Crippen molar-refractivity contribution in [1.82, 2.24) is 14.9 Å². The van der Waals surface area contributed by atoms with E-state index in [-0.39, 0.29) is 16.5 Å². The highest BCUT2D eigenvalue weighted by Gasteiger charge is 2.18. The zero-order chi connectivity index (χ0) is 14.9. The third kappa shape index (κ3) is 2.92. The Hall–Kier alpha value is -1.64. The molecule has 0 spiro atoms. The number of hydrogen-bond acceptors (Lipinski definition) is 5. The summed E-state index contributed by atoms with van der Waals surface area (Å²) in [5, 5.41) is 3.55. The van der Waals surface area contributed by atoms with E-state index in [1.807, 2.05) is 0 Å². The highest BCUT2D eigenvalue weighted by Crippen LogP contribution is 2.14. The molecule has 0 fully saturated rings. The van der Waals surface area contributed by atoms with Crippen molar-refractivity contribution in [2.24, 2.45) is 0 Å². The third-order valence-corrected chi connectivity index (χ3v) is 4.42. The fraction of sp³-hybridized carbons (Fsp3) is 0.273. The molecule has 0 aliphatic heterocycles. The van der Waals surface area contributed by atoms with Crippen molar-refractivity contribution in [1.29, 1.82) is 0 Å². The minimum Gasteiger partial charge on any atom is -0.361 e. The highest BCUT2D eigenvalue weighted by molar-refractivity contribution is 7.89. The molecule has 0 radical (unpaired) electrons. The van der Waals surface area contributed by atoms with Gasteiger partial charge in [0.05, 0.1) is 10.6 Å². The lowest BCUT2D eigenvalue weighted by Gasteiger charge is -2.06. The van der Waals surface area contributed by atoms with Gasteiger partial charge in [-0.15, -0.1) is 0 Å². The van der Waals surface area contributed by atoms with Gasteiger partial charge in [-0.05, 0) is 19.9 Å². The predicted octanol–water partition coefficient (Wildman–Crippen LogP) is 1.11. The summed E-state index contributed by atoms with van der Waals surface area (Å²) in [4.78, 5) is 13.2. The Morgan fingerprint density at radius 3 is 2.70 bits per heavy atom. The van der Waals surface area contributed by atoms with Gasteiger partial charge in [0.15, 0.2) is 0 Å². The molecule has 0 saturated heterocycles. The summed E-state index contributed by atoms with van der Waals surface area (Å²) < 4.78 is 31.5. The van der Waals surface area contributed by atoms with Crippen molar-refractivity contribution in [3.63, 3.8) is 0 Å². The third-order valence-electron chi connectivity index (χ3n) is 2.76. The molecule has 108 valence electrons. The van der Waals surface area contributed by atoms with Crippen LogP contribution in [-0.4, -0.2) is 18.6 Å². The number of pyridine rings is 1. The largest absolute Gasteiger partial charge is 0.361 e. The van der Waals surface area contributed by atoms with Gasteiger partial charge in [0.25, 0.3) is 5.56 Å². The monoisotopic (exact) mass is 317 g/mol. The quantitative estimate of drug-likeness (QED) is 0.879. The molecule has 0 unspecified atom stereocenters. The Bertz CT molecular complexity index is 775. The minimum atomic E-state index is -3.78. The first-order valence-electron chi connectivity index (χ1n) is 5.61. The lowest BCUT2D eigenvalue weighted by molar-refractivity contribution is 0.392. The molecule has 0 saturated carbocycles. The van der Waals surface area contributed by atoms with E-state index < -0.39 is 15.6 Å². The summed E-state index contributed by atoms with van der Waals surface area (Å²) >= 11 is 5.61. The molecule has 0 atom stereocenters. The van der Waals surface area contributed by atoms with E-state index in [0.717, 1.165) is 12.3 Å². The van der Waals surface area contributed by atoms with E-state index >= 15 is 0 Å². The molecule has 2 aromatic rings. The summed E-state index contributed by atoms with van der Waals surface area (Å²) in [6.45, 7) is 3.46. The maximum atomic E-state index is 12.1. The van der Waals surface area contributed by atoms with Crippen LogP contribution in [0.5, 0.6) is 0 Å². The number of nitrogens with one attached hydrogen (secondary N) is 2. The Morgan fingerprint density at radius 2 is 2.15 bits per heavy atom. The smallest absolute Gasteiger partial charge is 0.266 e. The number of aryl methyl sites for hydroxylation is 2. The molecule has 2 heterocycles. The molecule has 0 aliphatic carbocycles. The normalized spacial score (nSPS) is 11.8. The van der Waals surface area contributed by atoms with E-state index in [0.29, 0.717) is 17.0 Å². The van der Waals surface area contributed by atoms with Gasteiger partial charge in [-0.2, -0.15) is 0 Å². The van der Waals surface area contributed by atoms with Crippen molar-refractivity contribution in [2.75, 3.05) is 0 Å². The molecular weight excluding hydrogens is 306 g/mol. The second-order valence-electron chi connectivity index (χ2n) is 4.14. The molecule has 0 bridgehead atoms. The van der Waals surface area contributed by atoms with Crippen molar-refractivity contribution in [3.05, 3.63) is 44.7 Å². The molecule has 2 aromatic heterocycles. The molecule has 2 N–H and O–H groups in total. The fourth-order valence-electron chi connectivity index (χ4n) is 1.60. The van der Waals surface area contributed by atoms with Crippen LogP contribution in [0.2, 0.25) is 5.02 Å². The molecule has 9 heteroatoms. The Balaban J connectivity index is 2.23. The van der Waals surface area contributed by atoms with Crippen LogP contribution in [0.3, 0.4) is 0 Å². The predicted molar refractivity (Wildman–Crippen MR) is 72.1 cm³/mol. The van der Waals surface area contributed by atoms with Crippen LogP contribution in [0.25, 0.3) is 0 Å². The molecule has 7 nitrogen and oxygen atoms in total. The average Bonchev–Trinajstić information content (AvgIpc) is 2.70. The number of aromatic nitrogens is 2. The van der Waals surface area contributed by atoms with Crippen LogP contribution in [0.1, 0.15) is 17.0 Å². The van der Waals surface area contributed by atoms with Crippen molar-refractivity contribution < 1.29 is 12.9 Å². The maximum Gasteiger partial charge on any atom is 0.266 e. The number of nitrogens with zero attached hydrogens (tertiary/aromatic N) is 1. The van der Waals surface area contributed by atoms with E-state index in [4.69, 9.17) is 16.1 Å². The molecular formula is C11H12ClN3O4S. The van der Waals surface area contributed by atoms with Gasteiger partial charge >= 0.3 is 0 Å². The van der Waals surface area contributed by atoms with Gasteiger partial charge in [-0.25, -0.2) is 13.1 Å². The first-order valence-corrected chi connectivity index (χ1v) is 7.47. The summed E-state index contributed by atoms with van der Waals surface area (Å²) in [5.41, 5.74) is 0.741. The minimum absolute atomic E-state index is 0.0419. The SMILES string of the molecule is Cc1noc(C)c1CNS(=O)(=O)c1c[nH]c(=O)c(Cl)c1. The first-order chi connectivity index (χ1) is 9.31. The van der Waals surface area contributed by atoms with Crippen molar-refractivity contribution in [3.8, 4) is 0 Å². The second-order valence-corrected chi connectivity index (χ2v) is 6.31. The maximum absolute atomic E-state index is 12.1. The molecule has 20 heavy (non-hydrogen) atoms. The van der Waals surface area contributed by atoms with Crippen LogP contribution >= 0.6 is 11.6 Å². The number of hydrogen-bond donors (Lipinski definition) is 2. The van der Waals surface area contributed by atoms with Gasteiger partial charge in [-0.1, -0.05) is 16.8 Å².